The van der Waals surface area contributed by atoms with Gasteiger partial charge in [0.15, 0.2) is 0 Å². The molecule has 0 aromatic heterocycles. The van der Waals surface area contributed by atoms with Gasteiger partial charge in [-0.3, -0.25) is 9.59 Å². The van der Waals surface area contributed by atoms with E-state index in [4.69, 9.17) is 32.7 Å². The number of ether oxygens (including phenoxy) is 2. The largest absolute Gasteiger partial charge is 0.480 e. The van der Waals surface area contributed by atoms with Gasteiger partial charge in [0.25, 0.3) is 0 Å². The lowest BCUT2D eigenvalue weighted by molar-refractivity contribution is -0.142. The molecule has 0 unspecified atom stereocenters. The van der Waals surface area contributed by atoms with Crippen molar-refractivity contribution in [2.24, 2.45) is 5.92 Å². The summed E-state index contributed by atoms with van der Waals surface area (Å²) in [5.74, 6) is -2.42. The smallest absolute Gasteiger partial charge is 0.407 e. The molecule has 10 nitrogen and oxygen atoms in total. The minimum absolute atomic E-state index is 0.0179. The molecule has 1 heterocycles. The van der Waals surface area contributed by atoms with Gasteiger partial charge >= 0.3 is 12.1 Å². The van der Waals surface area contributed by atoms with Crippen LogP contribution in [0, 0.1) is 5.92 Å². The number of alkyl carbamates (subject to hydrolysis) is 1. The highest BCUT2D eigenvalue weighted by Gasteiger charge is 2.30. The second-order valence-electron chi connectivity index (χ2n) is 7.83. The van der Waals surface area contributed by atoms with Crippen LogP contribution >= 0.6 is 35.0 Å². The van der Waals surface area contributed by atoms with Gasteiger partial charge in [0, 0.05) is 37.1 Å². The highest BCUT2D eigenvalue weighted by atomic mass is 35.5. The van der Waals surface area contributed by atoms with E-state index in [9.17, 15) is 24.3 Å². The number of piperidine rings is 1. The molecule has 1 aromatic rings. The first-order chi connectivity index (χ1) is 17.2. The molecule has 1 atom stereocenters. The molecule has 1 aliphatic rings. The van der Waals surface area contributed by atoms with E-state index in [1.165, 1.54) is 24.9 Å². The average molecular weight is 562 g/mol. The normalized spacial score (nSPS) is 14.9. The zero-order chi connectivity index (χ0) is 26.7. The molecule has 13 heteroatoms. The molecule has 0 radical (unpaired) electrons. The van der Waals surface area contributed by atoms with E-state index >= 15 is 0 Å². The van der Waals surface area contributed by atoms with Gasteiger partial charge in [-0.15, -0.1) is 11.8 Å². The fourth-order valence-corrected chi connectivity index (χ4v) is 4.58. The predicted octanol–water partition coefficient (Wildman–Crippen LogP) is 2.91. The molecule has 1 aromatic carbocycles. The fraction of sp³-hybridized carbons (Fsp3) is 0.478. The number of carboxylic acids is 1. The lowest BCUT2D eigenvalue weighted by atomic mass is 9.95. The Morgan fingerprint density at radius 2 is 1.89 bits per heavy atom. The number of nitrogens with zero attached hydrogens (tertiary/aromatic N) is 1. The first kappa shape index (κ1) is 29.8. The van der Waals surface area contributed by atoms with E-state index in [0.29, 0.717) is 41.5 Å². The molecule has 1 aliphatic heterocycles. The van der Waals surface area contributed by atoms with Gasteiger partial charge in [-0.1, -0.05) is 29.3 Å². The highest BCUT2D eigenvalue weighted by molar-refractivity contribution is 7.98. The number of hydrogen-bond donors (Lipinski definition) is 3. The number of nitrogens with one attached hydrogen (secondary N) is 2. The Labute approximate surface area is 223 Å². The second kappa shape index (κ2) is 14.9. The number of likely N-dealkylation sites (tertiary alicyclic amines) is 1. The van der Waals surface area contributed by atoms with E-state index in [2.05, 4.69) is 10.6 Å². The van der Waals surface area contributed by atoms with Crippen molar-refractivity contribution in [1.82, 2.24) is 15.5 Å². The molecule has 0 saturated carbocycles. The summed E-state index contributed by atoms with van der Waals surface area (Å²) in [6, 6.07) is 2.30. The molecular formula is C23H29Cl2N3O7S. The highest BCUT2D eigenvalue weighted by Crippen LogP contribution is 2.35. The number of thioether (sulfide) groups is 1. The third-order valence-electron chi connectivity index (χ3n) is 5.47. The molecule has 3 N–H and O–H groups in total. The maximum atomic E-state index is 12.6. The van der Waals surface area contributed by atoms with Gasteiger partial charge in [-0.2, -0.15) is 0 Å². The minimum atomic E-state index is -1.32. The number of carboxylic acid groups (broad SMARTS) is 1. The van der Waals surface area contributed by atoms with Crippen LogP contribution in [0.1, 0.15) is 18.4 Å². The first-order valence-corrected chi connectivity index (χ1v) is 13.1. The maximum Gasteiger partial charge on any atom is 0.407 e. The number of amides is 3. The Morgan fingerprint density at radius 1 is 1.19 bits per heavy atom. The number of carbonyl (C=O) groups is 4. The topological polar surface area (TPSA) is 134 Å². The Hall–Kier alpha value is -2.47. The molecular weight excluding hydrogens is 533 g/mol. The molecule has 1 saturated heterocycles. The zero-order valence-electron chi connectivity index (χ0n) is 19.9. The Morgan fingerprint density at radius 3 is 2.50 bits per heavy atom. The molecule has 3 amide bonds. The number of halogens is 2. The summed E-state index contributed by atoms with van der Waals surface area (Å²) in [6.07, 6.45) is 4.84. The van der Waals surface area contributed by atoms with Crippen LogP contribution in [0.3, 0.4) is 0 Å². The predicted molar refractivity (Wildman–Crippen MR) is 137 cm³/mol. The van der Waals surface area contributed by atoms with Crippen LogP contribution in [0.25, 0.3) is 6.08 Å². The van der Waals surface area contributed by atoms with Crippen LogP contribution in [-0.4, -0.2) is 86.1 Å². The summed E-state index contributed by atoms with van der Waals surface area (Å²) in [5.41, 5.74) is 0.623. The van der Waals surface area contributed by atoms with Crippen LogP contribution in [0.2, 0.25) is 10.0 Å². The van der Waals surface area contributed by atoms with E-state index < -0.39 is 29.9 Å². The number of carbonyl (C=O) groups excluding carboxylic acids is 3. The Bertz CT molecular complexity index is 985. The summed E-state index contributed by atoms with van der Waals surface area (Å²) in [5, 5.41) is 14.9. The molecule has 0 spiro atoms. The summed E-state index contributed by atoms with van der Waals surface area (Å²) in [7, 11) is 1.45. The number of benzene rings is 1. The third-order valence-corrected chi connectivity index (χ3v) is 7.25. The van der Waals surface area contributed by atoms with E-state index in [1.54, 1.807) is 17.0 Å². The molecule has 2 rings (SSSR count). The fourth-order valence-electron chi connectivity index (χ4n) is 3.41. The minimum Gasteiger partial charge on any atom is -0.480 e. The standard InChI is InChI=1S/C23H29Cl2N3O7S/c1-34-11-12-35-23(33)26-13-16(22(31)32)27-21(30)15-7-9-28(10-8-15)18(29)6-4-14-3-5-17(36-2)20(25)19(14)24/h3-6,15-16H,7-13H2,1-2H3,(H,26,33)(H,27,30)(H,31,32)/b6-4+/t16-/m0/s1. The van der Waals surface area contributed by atoms with Crippen LogP contribution in [-0.2, 0) is 23.9 Å². The molecule has 0 bridgehead atoms. The van der Waals surface area contributed by atoms with Gasteiger partial charge in [0.2, 0.25) is 11.8 Å². The van der Waals surface area contributed by atoms with Crippen molar-refractivity contribution in [3.63, 3.8) is 0 Å². The molecule has 1 fully saturated rings. The van der Waals surface area contributed by atoms with Gasteiger partial charge in [-0.25, -0.2) is 9.59 Å². The van der Waals surface area contributed by atoms with Crippen LogP contribution < -0.4 is 10.6 Å². The van der Waals surface area contributed by atoms with Crippen molar-refractivity contribution >= 4 is 64.9 Å². The van der Waals surface area contributed by atoms with Crippen molar-refractivity contribution in [3.05, 3.63) is 33.8 Å². The van der Waals surface area contributed by atoms with Gasteiger partial charge in [0.05, 0.1) is 23.2 Å². The van der Waals surface area contributed by atoms with Crippen molar-refractivity contribution in [2.45, 2.75) is 23.8 Å². The lowest BCUT2D eigenvalue weighted by Gasteiger charge is -2.31. The number of rotatable bonds is 11. The number of methoxy groups -OCH3 is 1. The molecule has 198 valence electrons. The van der Waals surface area contributed by atoms with Crippen LogP contribution in [0.4, 0.5) is 4.79 Å². The molecule has 36 heavy (non-hydrogen) atoms. The maximum absolute atomic E-state index is 12.6. The average Bonchev–Trinajstić information content (AvgIpc) is 2.87. The number of hydrogen-bond acceptors (Lipinski definition) is 7. The monoisotopic (exact) mass is 561 g/mol. The Kier molecular flexibility index (Phi) is 12.3. The van der Waals surface area contributed by atoms with Crippen LogP contribution in [0.15, 0.2) is 23.1 Å². The third kappa shape index (κ3) is 8.88. The van der Waals surface area contributed by atoms with E-state index in [0.717, 1.165) is 4.90 Å². The quantitative estimate of drug-likeness (QED) is 0.213. The van der Waals surface area contributed by atoms with Crippen molar-refractivity contribution in [3.8, 4) is 0 Å². The summed E-state index contributed by atoms with van der Waals surface area (Å²) in [6.45, 7) is 0.562. The van der Waals surface area contributed by atoms with Crippen molar-refractivity contribution in [1.29, 1.82) is 0 Å². The summed E-state index contributed by atoms with van der Waals surface area (Å²) in [4.78, 5) is 50.7. The van der Waals surface area contributed by atoms with Gasteiger partial charge < -0.3 is 30.1 Å². The van der Waals surface area contributed by atoms with Gasteiger partial charge in [0.1, 0.15) is 12.6 Å². The Balaban J connectivity index is 1.84. The van der Waals surface area contributed by atoms with Crippen molar-refractivity contribution < 1.29 is 33.8 Å². The number of aliphatic carboxylic acids is 1. The summed E-state index contributed by atoms with van der Waals surface area (Å²) < 4.78 is 9.55. The molecule has 0 aliphatic carbocycles. The zero-order valence-corrected chi connectivity index (χ0v) is 22.3. The van der Waals surface area contributed by atoms with Crippen molar-refractivity contribution in [2.75, 3.05) is 46.2 Å². The van der Waals surface area contributed by atoms with E-state index in [-0.39, 0.29) is 25.7 Å². The first-order valence-electron chi connectivity index (χ1n) is 11.1. The van der Waals surface area contributed by atoms with Gasteiger partial charge in [-0.05, 0) is 36.8 Å². The van der Waals surface area contributed by atoms with Crippen LogP contribution in [0.5, 0.6) is 0 Å². The van der Waals surface area contributed by atoms with E-state index in [1.807, 2.05) is 12.3 Å². The SMILES string of the molecule is COCCOC(=O)NC[C@H](NC(=O)C1CCN(C(=O)/C=C/c2ccc(SC)c(Cl)c2Cl)CC1)C(=O)O. The summed E-state index contributed by atoms with van der Waals surface area (Å²) >= 11 is 14.0. The second-order valence-corrected chi connectivity index (χ2v) is 9.43. The lowest BCUT2D eigenvalue weighted by Crippen LogP contribution is -2.51.